The first-order valence-corrected chi connectivity index (χ1v) is 8.85. The van der Waals surface area contributed by atoms with E-state index < -0.39 is 0 Å². The minimum atomic E-state index is 0.673. The minimum Gasteiger partial charge on any atom is -0.299 e. The number of hydrogen-bond acceptors (Lipinski definition) is 1. The van der Waals surface area contributed by atoms with E-state index in [0.29, 0.717) is 6.04 Å². The van der Waals surface area contributed by atoms with E-state index in [4.69, 9.17) is 0 Å². The molecule has 0 N–H and O–H groups in total. The van der Waals surface area contributed by atoms with E-state index in [1.807, 2.05) is 0 Å². The average molecular weight is 303 g/mol. The lowest BCUT2D eigenvalue weighted by Gasteiger charge is -2.32. The van der Waals surface area contributed by atoms with Gasteiger partial charge in [-0.3, -0.25) is 4.90 Å². The fraction of sp³-hybridized carbons (Fsp3) is 0.364. The molecule has 4 rings (SSSR count). The highest BCUT2D eigenvalue weighted by atomic mass is 15.1. The topological polar surface area (TPSA) is 3.24 Å². The second-order valence-electron chi connectivity index (χ2n) is 7.01. The molecule has 0 amide bonds. The zero-order valence-electron chi connectivity index (χ0n) is 13.9. The maximum absolute atomic E-state index is 2.55. The Morgan fingerprint density at radius 2 is 1.87 bits per heavy atom. The Kier molecular flexibility index (Phi) is 4.05. The first-order chi connectivity index (χ1) is 11.3. The summed E-state index contributed by atoms with van der Waals surface area (Å²) in [7, 11) is 2.29. The third-order valence-corrected chi connectivity index (χ3v) is 5.58. The molecule has 0 fully saturated rings. The van der Waals surface area contributed by atoms with Crippen molar-refractivity contribution in [3.05, 3.63) is 76.9 Å². The van der Waals surface area contributed by atoms with Gasteiger partial charge in [-0.1, -0.05) is 60.7 Å². The lowest BCUT2D eigenvalue weighted by atomic mass is 9.82. The predicted octanol–water partition coefficient (Wildman–Crippen LogP) is 4.68. The van der Waals surface area contributed by atoms with Crippen molar-refractivity contribution in [1.29, 1.82) is 0 Å². The Morgan fingerprint density at radius 1 is 1.04 bits per heavy atom. The van der Waals surface area contributed by atoms with Crippen molar-refractivity contribution in [2.24, 2.45) is 0 Å². The van der Waals surface area contributed by atoms with Gasteiger partial charge in [-0.05, 0) is 55.0 Å². The SMILES string of the molecule is CN(C/C=C/c1ccccc1)C1Cc2cccc3c2C1CCC3. The quantitative estimate of drug-likeness (QED) is 0.793. The standard InChI is InChI=1S/C22H25N/c1-23(15-7-10-17-8-3-2-4-9-17)21-16-19-13-5-11-18-12-6-14-20(21)22(18)19/h2-5,7-11,13,20-21H,6,12,14-16H2,1H3/b10-7+. The Labute approximate surface area is 139 Å². The van der Waals surface area contributed by atoms with E-state index in [2.05, 4.69) is 72.6 Å². The van der Waals surface area contributed by atoms with Gasteiger partial charge in [0.1, 0.15) is 0 Å². The molecule has 0 heterocycles. The second-order valence-corrected chi connectivity index (χ2v) is 7.01. The number of benzene rings is 2. The van der Waals surface area contributed by atoms with Crippen LogP contribution in [-0.4, -0.2) is 24.5 Å². The van der Waals surface area contributed by atoms with Crippen molar-refractivity contribution in [3.8, 4) is 0 Å². The summed E-state index contributed by atoms with van der Waals surface area (Å²) in [5.41, 5.74) is 6.21. The number of likely N-dealkylation sites (N-methyl/N-ethyl adjacent to an activating group) is 1. The van der Waals surface area contributed by atoms with E-state index in [0.717, 1.165) is 12.5 Å². The summed E-state index contributed by atoms with van der Waals surface area (Å²) in [6.07, 6.45) is 9.77. The molecule has 1 nitrogen and oxygen atoms in total. The molecule has 0 saturated heterocycles. The smallest absolute Gasteiger partial charge is 0.0205 e. The number of rotatable bonds is 4. The molecule has 2 atom stereocenters. The summed E-state index contributed by atoms with van der Waals surface area (Å²) in [6, 6.07) is 18.2. The van der Waals surface area contributed by atoms with Crippen LogP contribution in [-0.2, 0) is 12.8 Å². The highest BCUT2D eigenvalue weighted by Crippen LogP contribution is 2.44. The summed E-state index contributed by atoms with van der Waals surface area (Å²) < 4.78 is 0. The molecule has 0 aliphatic heterocycles. The molecule has 0 radical (unpaired) electrons. The van der Waals surface area contributed by atoms with Crippen molar-refractivity contribution < 1.29 is 0 Å². The molecule has 118 valence electrons. The molecule has 2 aromatic carbocycles. The molecule has 0 bridgehead atoms. The molecule has 0 spiro atoms. The second kappa shape index (κ2) is 6.33. The first kappa shape index (κ1) is 14.7. The molecular formula is C22H25N. The summed E-state index contributed by atoms with van der Waals surface area (Å²) in [4.78, 5) is 2.55. The molecule has 2 aromatic rings. The number of nitrogens with zero attached hydrogens (tertiary/aromatic N) is 1. The van der Waals surface area contributed by atoms with Gasteiger partial charge < -0.3 is 0 Å². The van der Waals surface area contributed by atoms with Crippen LogP contribution in [0.25, 0.3) is 6.08 Å². The normalized spacial score (nSPS) is 22.7. The average Bonchev–Trinajstić information content (AvgIpc) is 2.97. The van der Waals surface area contributed by atoms with Gasteiger partial charge in [0.15, 0.2) is 0 Å². The maximum atomic E-state index is 2.55. The summed E-state index contributed by atoms with van der Waals surface area (Å²) in [6.45, 7) is 1.03. The van der Waals surface area contributed by atoms with Crippen LogP contribution in [0.3, 0.4) is 0 Å². The zero-order valence-corrected chi connectivity index (χ0v) is 13.9. The van der Waals surface area contributed by atoms with Crippen molar-refractivity contribution >= 4 is 6.08 Å². The van der Waals surface area contributed by atoms with Crippen LogP contribution < -0.4 is 0 Å². The third-order valence-electron chi connectivity index (χ3n) is 5.58. The van der Waals surface area contributed by atoms with Crippen molar-refractivity contribution in [2.75, 3.05) is 13.6 Å². The largest absolute Gasteiger partial charge is 0.299 e. The summed E-state index contributed by atoms with van der Waals surface area (Å²) in [5.74, 6) is 0.755. The highest BCUT2D eigenvalue weighted by molar-refractivity contribution is 5.49. The Morgan fingerprint density at radius 3 is 2.74 bits per heavy atom. The van der Waals surface area contributed by atoms with Crippen molar-refractivity contribution in [1.82, 2.24) is 4.90 Å². The molecular weight excluding hydrogens is 278 g/mol. The van der Waals surface area contributed by atoms with Crippen LogP contribution in [0.4, 0.5) is 0 Å². The van der Waals surface area contributed by atoms with Crippen LogP contribution in [0.5, 0.6) is 0 Å². The Hall–Kier alpha value is -1.86. The molecule has 23 heavy (non-hydrogen) atoms. The lowest BCUT2D eigenvalue weighted by Crippen LogP contribution is -2.36. The molecule has 2 unspecified atom stereocenters. The number of hydrogen-bond donors (Lipinski definition) is 0. The number of aryl methyl sites for hydroxylation is 1. The van der Waals surface area contributed by atoms with Crippen LogP contribution in [0.15, 0.2) is 54.6 Å². The van der Waals surface area contributed by atoms with Crippen LogP contribution in [0.2, 0.25) is 0 Å². The Balaban J connectivity index is 1.47. The fourth-order valence-electron chi connectivity index (χ4n) is 4.47. The predicted molar refractivity (Wildman–Crippen MR) is 97.7 cm³/mol. The van der Waals surface area contributed by atoms with Crippen molar-refractivity contribution in [3.63, 3.8) is 0 Å². The van der Waals surface area contributed by atoms with Gasteiger partial charge in [-0.15, -0.1) is 0 Å². The van der Waals surface area contributed by atoms with Crippen LogP contribution >= 0.6 is 0 Å². The van der Waals surface area contributed by atoms with E-state index in [1.165, 1.54) is 31.2 Å². The van der Waals surface area contributed by atoms with Gasteiger partial charge in [-0.25, -0.2) is 0 Å². The molecule has 2 aliphatic rings. The fourth-order valence-corrected chi connectivity index (χ4v) is 4.47. The van der Waals surface area contributed by atoms with Gasteiger partial charge in [0.05, 0.1) is 0 Å². The first-order valence-electron chi connectivity index (χ1n) is 8.85. The van der Waals surface area contributed by atoms with Gasteiger partial charge in [0, 0.05) is 18.5 Å². The Bertz CT molecular complexity index is 701. The minimum absolute atomic E-state index is 0.673. The van der Waals surface area contributed by atoms with Crippen LogP contribution in [0, 0.1) is 0 Å². The molecule has 1 heteroatoms. The molecule has 2 aliphatic carbocycles. The van der Waals surface area contributed by atoms with Crippen molar-refractivity contribution in [2.45, 2.75) is 37.6 Å². The molecule has 0 saturated carbocycles. The van der Waals surface area contributed by atoms with Crippen LogP contribution in [0.1, 0.15) is 41.0 Å². The molecule has 0 aromatic heterocycles. The summed E-state index contributed by atoms with van der Waals surface area (Å²) in [5, 5.41) is 0. The zero-order chi connectivity index (χ0) is 15.6. The van der Waals surface area contributed by atoms with E-state index in [-0.39, 0.29) is 0 Å². The van der Waals surface area contributed by atoms with E-state index in [9.17, 15) is 0 Å². The van der Waals surface area contributed by atoms with E-state index in [1.54, 1.807) is 16.7 Å². The van der Waals surface area contributed by atoms with Gasteiger partial charge >= 0.3 is 0 Å². The monoisotopic (exact) mass is 303 g/mol. The van der Waals surface area contributed by atoms with Gasteiger partial charge in [0.2, 0.25) is 0 Å². The highest BCUT2D eigenvalue weighted by Gasteiger charge is 2.37. The summed E-state index contributed by atoms with van der Waals surface area (Å²) >= 11 is 0. The van der Waals surface area contributed by atoms with Gasteiger partial charge in [0.25, 0.3) is 0 Å². The maximum Gasteiger partial charge on any atom is 0.0205 e. The van der Waals surface area contributed by atoms with Gasteiger partial charge in [-0.2, -0.15) is 0 Å². The van der Waals surface area contributed by atoms with E-state index >= 15 is 0 Å². The third kappa shape index (κ3) is 2.86. The lowest BCUT2D eigenvalue weighted by molar-refractivity contribution is 0.232.